The fourth-order valence-corrected chi connectivity index (χ4v) is 1.72. The minimum Gasteiger partial charge on any atom is -0.396 e. The van der Waals surface area contributed by atoms with Gasteiger partial charge in [-0.3, -0.25) is 9.59 Å². The predicted octanol–water partition coefficient (Wildman–Crippen LogP) is 0.175. The molecule has 0 aliphatic rings. The minimum absolute atomic E-state index is 0. The van der Waals surface area contributed by atoms with Crippen LogP contribution < -0.4 is 16.4 Å². The summed E-state index contributed by atoms with van der Waals surface area (Å²) in [6, 6.07) is -1.19. The van der Waals surface area contributed by atoms with Crippen molar-refractivity contribution in [1.29, 1.82) is 0 Å². The normalized spacial score (nSPS) is 14.7. The van der Waals surface area contributed by atoms with Crippen molar-refractivity contribution < 1.29 is 14.7 Å². The molecule has 0 unspecified atom stereocenters. The second kappa shape index (κ2) is 11.9. The number of carbonyl (C=O) groups is 2. The number of aliphatic hydroxyl groups excluding tert-OH is 1. The summed E-state index contributed by atoms with van der Waals surface area (Å²) in [5, 5.41) is 13.9. The fraction of sp³-hybridized carbons (Fsp3) is 0.846. The Kier molecular flexibility index (Phi) is 12.8. The summed E-state index contributed by atoms with van der Waals surface area (Å²) in [7, 11) is 1.55. The molecule has 0 aromatic carbocycles. The van der Waals surface area contributed by atoms with E-state index in [0.717, 1.165) is 6.42 Å². The van der Waals surface area contributed by atoms with Crippen molar-refractivity contribution in [3.8, 4) is 0 Å². The minimum atomic E-state index is -0.636. The Morgan fingerprint density at radius 3 is 2.30 bits per heavy atom. The number of aliphatic hydroxyl groups is 1. The Morgan fingerprint density at radius 2 is 1.85 bits per heavy atom. The Hall–Kier alpha value is -0.850. The Balaban J connectivity index is 0. The zero-order valence-corrected chi connectivity index (χ0v) is 13.3. The zero-order valence-electron chi connectivity index (χ0n) is 12.5. The highest BCUT2D eigenvalue weighted by molar-refractivity contribution is 5.89. The maximum absolute atomic E-state index is 11.9. The van der Waals surface area contributed by atoms with Crippen molar-refractivity contribution in [2.45, 2.75) is 51.6 Å². The van der Waals surface area contributed by atoms with Crippen molar-refractivity contribution in [1.82, 2.24) is 10.6 Å². The quantitative estimate of drug-likeness (QED) is 0.456. The fourth-order valence-electron chi connectivity index (χ4n) is 1.72. The van der Waals surface area contributed by atoms with Gasteiger partial charge in [-0.15, -0.1) is 12.4 Å². The van der Waals surface area contributed by atoms with Crippen molar-refractivity contribution in [2.75, 3.05) is 13.7 Å². The van der Waals surface area contributed by atoms with Gasteiger partial charge in [0.05, 0.1) is 6.04 Å². The average Bonchev–Trinajstić information content (AvgIpc) is 2.42. The molecule has 0 aliphatic heterocycles. The molecule has 0 heterocycles. The molecular formula is C13H28ClN3O3. The van der Waals surface area contributed by atoms with Crippen LogP contribution in [0.4, 0.5) is 0 Å². The monoisotopic (exact) mass is 309 g/mol. The standard InChI is InChI=1S/C13H27N3O3.ClH/c1-4-9(2)11(13(19)15-3)16-12(18)10(14)7-5-6-8-17;/h9-11,17H,4-8,14H2,1-3H3,(H,15,19)(H,16,18);1H/t9-,10+,11+;/m1./s1. The Morgan fingerprint density at radius 1 is 1.25 bits per heavy atom. The first kappa shape index (κ1) is 21.4. The first-order valence-electron chi connectivity index (χ1n) is 6.86. The van der Waals surface area contributed by atoms with Gasteiger partial charge < -0.3 is 21.5 Å². The first-order chi connectivity index (χ1) is 8.97. The summed E-state index contributed by atoms with van der Waals surface area (Å²) in [5.41, 5.74) is 5.76. The molecule has 0 radical (unpaired) electrons. The summed E-state index contributed by atoms with van der Waals surface area (Å²) in [4.78, 5) is 23.6. The van der Waals surface area contributed by atoms with E-state index in [9.17, 15) is 9.59 Å². The molecule has 0 saturated heterocycles. The number of nitrogens with two attached hydrogens (primary N) is 1. The van der Waals surface area contributed by atoms with Gasteiger partial charge in [0.25, 0.3) is 0 Å². The van der Waals surface area contributed by atoms with Crippen LogP contribution in [0.1, 0.15) is 39.5 Å². The highest BCUT2D eigenvalue weighted by Gasteiger charge is 2.26. The van der Waals surface area contributed by atoms with Crippen LogP contribution in [0.2, 0.25) is 0 Å². The molecular weight excluding hydrogens is 282 g/mol. The molecule has 120 valence electrons. The van der Waals surface area contributed by atoms with Crippen LogP contribution in [0, 0.1) is 5.92 Å². The lowest BCUT2D eigenvalue weighted by Gasteiger charge is -2.24. The van der Waals surface area contributed by atoms with E-state index in [-0.39, 0.29) is 36.7 Å². The van der Waals surface area contributed by atoms with Crippen molar-refractivity contribution in [3.05, 3.63) is 0 Å². The average molecular weight is 310 g/mol. The largest absolute Gasteiger partial charge is 0.396 e. The first-order valence-corrected chi connectivity index (χ1v) is 6.86. The summed E-state index contributed by atoms with van der Waals surface area (Å²) < 4.78 is 0. The molecule has 5 N–H and O–H groups in total. The number of halogens is 1. The Bertz CT molecular complexity index is 290. The van der Waals surface area contributed by atoms with Gasteiger partial charge in [-0.25, -0.2) is 0 Å². The van der Waals surface area contributed by atoms with Crippen LogP contribution in [0.3, 0.4) is 0 Å². The van der Waals surface area contributed by atoms with Crippen LogP contribution in [-0.2, 0) is 9.59 Å². The van der Waals surface area contributed by atoms with Gasteiger partial charge in [-0.1, -0.05) is 20.3 Å². The SMILES string of the molecule is CC[C@@H](C)[C@H](NC(=O)[C@@H](N)CCCCO)C(=O)NC.Cl. The second-order valence-corrected chi connectivity index (χ2v) is 4.81. The third kappa shape index (κ3) is 7.67. The van der Waals surface area contributed by atoms with E-state index in [0.29, 0.717) is 19.3 Å². The molecule has 7 heteroatoms. The van der Waals surface area contributed by atoms with Gasteiger partial charge in [-0.05, 0) is 25.2 Å². The van der Waals surface area contributed by atoms with Crippen molar-refractivity contribution in [3.63, 3.8) is 0 Å². The van der Waals surface area contributed by atoms with E-state index in [1.165, 1.54) is 0 Å². The lowest BCUT2D eigenvalue weighted by Crippen LogP contribution is -2.53. The number of likely N-dealkylation sites (N-methyl/N-ethyl adjacent to an activating group) is 1. The van der Waals surface area contributed by atoms with E-state index in [4.69, 9.17) is 10.8 Å². The second-order valence-electron chi connectivity index (χ2n) is 4.81. The third-order valence-electron chi connectivity index (χ3n) is 3.30. The summed E-state index contributed by atoms with van der Waals surface area (Å²) >= 11 is 0. The van der Waals surface area contributed by atoms with Crippen LogP contribution in [-0.4, -0.2) is 42.7 Å². The van der Waals surface area contributed by atoms with Gasteiger partial charge in [0, 0.05) is 13.7 Å². The number of hydrogen-bond acceptors (Lipinski definition) is 4. The summed E-state index contributed by atoms with van der Waals surface area (Å²) in [5.74, 6) is -0.467. The molecule has 0 rings (SSSR count). The number of hydrogen-bond donors (Lipinski definition) is 4. The van der Waals surface area contributed by atoms with Gasteiger partial charge in [-0.2, -0.15) is 0 Å². The van der Waals surface area contributed by atoms with Gasteiger partial charge in [0.2, 0.25) is 11.8 Å². The highest BCUT2D eigenvalue weighted by Crippen LogP contribution is 2.08. The van der Waals surface area contributed by atoms with E-state index in [1.54, 1.807) is 7.05 Å². The zero-order chi connectivity index (χ0) is 14.8. The molecule has 20 heavy (non-hydrogen) atoms. The topological polar surface area (TPSA) is 104 Å². The van der Waals surface area contributed by atoms with E-state index in [1.807, 2.05) is 13.8 Å². The molecule has 2 amide bonds. The predicted molar refractivity (Wildman–Crippen MR) is 81.6 cm³/mol. The number of carbonyl (C=O) groups excluding carboxylic acids is 2. The smallest absolute Gasteiger partial charge is 0.242 e. The van der Waals surface area contributed by atoms with Crippen molar-refractivity contribution >= 4 is 24.2 Å². The maximum Gasteiger partial charge on any atom is 0.242 e. The van der Waals surface area contributed by atoms with E-state index in [2.05, 4.69) is 10.6 Å². The number of unbranched alkanes of at least 4 members (excludes halogenated alkanes) is 1. The van der Waals surface area contributed by atoms with E-state index < -0.39 is 12.1 Å². The Labute approximate surface area is 127 Å². The number of nitrogens with one attached hydrogen (secondary N) is 2. The number of rotatable bonds is 9. The molecule has 6 nitrogen and oxygen atoms in total. The van der Waals surface area contributed by atoms with Gasteiger partial charge in [0.1, 0.15) is 6.04 Å². The maximum atomic E-state index is 11.9. The van der Waals surface area contributed by atoms with Gasteiger partial charge in [0.15, 0.2) is 0 Å². The molecule has 0 bridgehead atoms. The van der Waals surface area contributed by atoms with Crippen LogP contribution in [0.25, 0.3) is 0 Å². The van der Waals surface area contributed by atoms with E-state index >= 15 is 0 Å². The molecule has 0 fully saturated rings. The lowest BCUT2D eigenvalue weighted by molar-refractivity contribution is -0.130. The van der Waals surface area contributed by atoms with Crippen LogP contribution >= 0.6 is 12.4 Å². The van der Waals surface area contributed by atoms with Crippen molar-refractivity contribution in [2.24, 2.45) is 11.7 Å². The molecule has 0 aromatic heterocycles. The summed E-state index contributed by atoms with van der Waals surface area (Å²) in [6.07, 6.45) is 2.62. The molecule has 0 saturated carbocycles. The number of amides is 2. The molecule has 0 spiro atoms. The van der Waals surface area contributed by atoms with Crippen LogP contribution in [0.15, 0.2) is 0 Å². The van der Waals surface area contributed by atoms with Crippen LogP contribution in [0.5, 0.6) is 0 Å². The molecule has 3 atom stereocenters. The molecule has 0 aromatic rings. The third-order valence-corrected chi connectivity index (χ3v) is 3.30. The summed E-state index contributed by atoms with van der Waals surface area (Å²) in [6.45, 7) is 3.98. The highest BCUT2D eigenvalue weighted by atomic mass is 35.5. The van der Waals surface area contributed by atoms with Gasteiger partial charge >= 0.3 is 0 Å². The lowest BCUT2D eigenvalue weighted by atomic mass is 9.97. The molecule has 0 aliphatic carbocycles.